The van der Waals surface area contributed by atoms with Crippen LogP contribution in [-0.4, -0.2) is 44.3 Å². The summed E-state index contributed by atoms with van der Waals surface area (Å²) in [6.07, 6.45) is 0.187. The minimum atomic E-state index is -3.66. The van der Waals surface area contributed by atoms with Gasteiger partial charge in [0.25, 0.3) is 0 Å². The van der Waals surface area contributed by atoms with Gasteiger partial charge < -0.3 is 10.6 Å². The molecule has 1 saturated heterocycles. The van der Waals surface area contributed by atoms with Crippen LogP contribution in [0.2, 0.25) is 5.02 Å². The summed E-state index contributed by atoms with van der Waals surface area (Å²) in [6.45, 7) is 3.50. The van der Waals surface area contributed by atoms with E-state index in [4.69, 9.17) is 11.6 Å². The van der Waals surface area contributed by atoms with Crippen molar-refractivity contribution in [2.24, 2.45) is 0 Å². The number of amides is 1. The molecule has 2 aliphatic heterocycles. The van der Waals surface area contributed by atoms with Gasteiger partial charge in [0.2, 0.25) is 15.9 Å². The smallest absolute Gasteiger partial charge is 0.244 e. The number of nitrogens with zero attached hydrogens (tertiary/aromatic N) is 1. The van der Waals surface area contributed by atoms with Crippen LogP contribution in [0.3, 0.4) is 0 Å². The van der Waals surface area contributed by atoms with Gasteiger partial charge in [-0.15, -0.1) is 0 Å². The molecule has 21 heavy (non-hydrogen) atoms. The second kappa shape index (κ2) is 5.24. The van der Waals surface area contributed by atoms with Crippen molar-refractivity contribution in [2.45, 2.75) is 24.3 Å². The number of nitrogens with one attached hydrogen (secondary N) is 2. The molecule has 1 aromatic rings. The number of halogens is 1. The van der Waals surface area contributed by atoms with E-state index in [-0.39, 0.29) is 28.3 Å². The predicted molar refractivity (Wildman–Crippen MR) is 80.0 cm³/mol. The number of hydrogen-bond acceptors (Lipinski definition) is 4. The summed E-state index contributed by atoms with van der Waals surface area (Å²) in [7, 11) is -3.66. The van der Waals surface area contributed by atoms with Crippen LogP contribution in [0.25, 0.3) is 0 Å². The molecular formula is C13H16ClN3O3S. The highest BCUT2D eigenvalue weighted by atomic mass is 35.5. The molecule has 2 heterocycles. The molecule has 0 bridgehead atoms. The zero-order valence-electron chi connectivity index (χ0n) is 11.5. The van der Waals surface area contributed by atoms with Crippen LogP contribution in [0.4, 0.5) is 5.69 Å². The Hall–Kier alpha value is -1.15. The minimum absolute atomic E-state index is 0.0770. The highest BCUT2D eigenvalue weighted by Gasteiger charge is 2.33. The summed E-state index contributed by atoms with van der Waals surface area (Å²) < 4.78 is 27.1. The number of hydrogen-bond donors (Lipinski definition) is 2. The topological polar surface area (TPSA) is 78.5 Å². The molecule has 0 saturated carbocycles. The molecular weight excluding hydrogens is 314 g/mol. The lowest BCUT2D eigenvalue weighted by Gasteiger charge is -2.33. The van der Waals surface area contributed by atoms with E-state index in [0.717, 1.165) is 0 Å². The highest BCUT2D eigenvalue weighted by Crippen LogP contribution is 2.34. The lowest BCUT2D eigenvalue weighted by molar-refractivity contribution is -0.115. The first kappa shape index (κ1) is 14.8. The van der Waals surface area contributed by atoms with Gasteiger partial charge in [-0.25, -0.2) is 8.42 Å². The van der Waals surface area contributed by atoms with E-state index in [2.05, 4.69) is 10.6 Å². The van der Waals surface area contributed by atoms with Gasteiger partial charge in [-0.3, -0.25) is 4.79 Å². The summed E-state index contributed by atoms with van der Waals surface area (Å²) in [5.74, 6) is -0.147. The molecule has 1 fully saturated rings. The van der Waals surface area contributed by atoms with Crippen molar-refractivity contribution in [2.75, 3.05) is 25.0 Å². The number of carbonyl (C=O) groups is 1. The van der Waals surface area contributed by atoms with Crippen molar-refractivity contribution < 1.29 is 13.2 Å². The molecule has 2 N–H and O–H groups in total. The van der Waals surface area contributed by atoms with Crippen LogP contribution in [0.1, 0.15) is 12.5 Å². The fraction of sp³-hybridized carbons (Fsp3) is 0.462. The Kier molecular flexibility index (Phi) is 3.69. The molecule has 114 valence electrons. The average Bonchev–Trinajstić information content (AvgIpc) is 2.77. The number of benzene rings is 1. The first-order valence-corrected chi connectivity index (χ1v) is 8.56. The molecule has 3 rings (SSSR count). The number of piperazine rings is 1. The second-order valence-electron chi connectivity index (χ2n) is 5.33. The lowest BCUT2D eigenvalue weighted by atomic mass is 10.2. The maximum absolute atomic E-state index is 12.8. The first-order chi connectivity index (χ1) is 9.89. The Labute approximate surface area is 128 Å². The molecule has 0 unspecified atom stereocenters. The van der Waals surface area contributed by atoms with Gasteiger partial charge in [0, 0.05) is 31.4 Å². The van der Waals surface area contributed by atoms with Crippen LogP contribution < -0.4 is 10.6 Å². The quantitative estimate of drug-likeness (QED) is 0.842. The van der Waals surface area contributed by atoms with Crippen molar-refractivity contribution >= 4 is 33.2 Å². The van der Waals surface area contributed by atoms with Gasteiger partial charge in [0.05, 0.1) is 11.4 Å². The molecule has 1 atom stereocenters. The van der Waals surface area contributed by atoms with Crippen molar-refractivity contribution in [1.82, 2.24) is 9.62 Å². The van der Waals surface area contributed by atoms with Crippen LogP contribution in [-0.2, 0) is 21.2 Å². The van der Waals surface area contributed by atoms with E-state index < -0.39 is 10.0 Å². The average molecular weight is 330 g/mol. The van der Waals surface area contributed by atoms with Gasteiger partial charge in [0.15, 0.2) is 0 Å². The normalized spacial score (nSPS) is 23.0. The van der Waals surface area contributed by atoms with E-state index in [1.54, 1.807) is 0 Å². The fourth-order valence-corrected chi connectivity index (χ4v) is 4.91. The molecule has 0 aliphatic carbocycles. The fourth-order valence-electron chi connectivity index (χ4n) is 2.73. The lowest BCUT2D eigenvalue weighted by Crippen LogP contribution is -2.52. The summed E-state index contributed by atoms with van der Waals surface area (Å²) >= 11 is 6.13. The van der Waals surface area contributed by atoms with E-state index in [0.29, 0.717) is 30.9 Å². The van der Waals surface area contributed by atoms with Crippen molar-refractivity contribution in [1.29, 1.82) is 0 Å². The van der Waals surface area contributed by atoms with Crippen LogP contribution in [0, 0.1) is 0 Å². The number of anilines is 1. The van der Waals surface area contributed by atoms with Gasteiger partial charge in [-0.05, 0) is 24.6 Å². The molecule has 1 amide bonds. The summed E-state index contributed by atoms with van der Waals surface area (Å²) in [5, 5.41) is 5.96. The largest absolute Gasteiger partial charge is 0.325 e. The van der Waals surface area contributed by atoms with Gasteiger partial charge >= 0.3 is 0 Å². The third-order valence-electron chi connectivity index (χ3n) is 3.81. The maximum atomic E-state index is 12.8. The minimum Gasteiger partial charge on any atom is -0.325 e. The van der Waals surface area contributed by atoms with E-state index in [9.17, 15) is 13.2 Å². The molecule has 0 aromatic heterocycles. The number of rotatable bonds is 2. The molecule has 8 heteroatoms. The zero-order chi connectivity index (χ0) is 15.2. The standard InChI is InChI=1S/C13H16ClN3O3S/c1-8-7-15-2-3-17(8)21(19,20)12-4-9-5-13(18)16-11(9)6-10(12)14/h4,6,8,15H,2-3,5,7H2,1H3,(H,16,18)/t8-/m1/s1. The number of sulfonamides is 1. The van der Waals surface area contributed by atoms with E-state index >= 15 is 0 Å². The summed E-state index contributed by atoms with van der Waals surface area (Å²) in [4.78, 5) is 11.5. The third-order valence-corrected chi connectivity index (χ3v) is 6.29. The molecule has 0 radical (unpaired) electrons. The van der Waals surface area contributed by atoms with Crippen molar-refractivity contribution in [3.63, 3.8) is 0 Å². The highest BCUT2D eigenvalue weighted by molar-refractivity contribution is 7.89. The van der Waals surface area contributed by atoms with E-state index in [1.807, 2.05) is 6.92 Å². The second-order valence-corrected chi connectivity index (χ2v) is 7.60. The molecule has 0 spiro atoms. The zero-order valence-corrected chi connectivity index (χ0v) is 13.1. The molecule has 6 nitrogen and oxygen atoms in total. The Bertz CT molecular complexity index is 705. The van der Waals surface area contributed by atoms with Gasteiger partial charge in [-0.2, -0.15) is 4.31 Å². The number of fused-ring (bicyclic) bond motifs is 1. The van der Waals surface area contributed by atoms with E-state index in [1.165, 1.54) is 16.4 Å². The number of carbonyl (C=O) groups excluding carboxylic acids is 1. The Morgan fingerprint density at radius 3 is 2.86 bits per heavy atom. The monoisotopic (exact) mass is 329 g/mol. The molecule has 1 aromatic carbocycles. The third kappa shape index (κ3) is 2.55. The van der Waals surface area contributed by atoms with Gasteiger partial charge in [-0.1, -0.05) is 11.6 Å². The van der Waals surface area contributed by atoms with Gasteiger partial charge in [0.1, 0.15) is 4.90 Å². The van der Waals surface area contributed by atoms with Crippen molar-refractivity contribution in [3.8, 4) is 0 Å². The Morgan fingerprint density at radius 1 is 1.38 bits per heavy atom. The molecule has 2 aliphatic rings. The first-order valence-electron chi connectivity index (χ1n) is 6.74. The van der Waals surface area contributed by atoms with Crippen LogP contribution in [0.5, 0.6) is 0 Å². The summed E-state index contributed by atoms with van der Waals surface area (Å²) in [5.41, 5.74) is 1.27. The SMILES string of the molecule is C[C@@H]1CNCCN1S(=O)(=O)c1cc2c(cc1Cl)NC(=O)C2. The van der Waals surface area contributed by atoms with Crippen LogP contribution >= 0.6 is 11.6 Å². The maximum Gasteiger partial charge on any atom is 0.244 e. The van der Waals surface area contributed by atoms with Crippen LogP contribution in [0.15, 0.2) is 17.0 Å². The van der Waals surface area contributed by atoms with Crippen molar-refractivity contribution in [3.05, 3.63) is 22.7 Å². The predicted octanol–water partition coefficient (Wildman–Crippen LogP) is 0.817. The summed E-state index contributed by atoms with van der Waals surface area (Å²) in [6, 6.07) is 2.90. The Balaban J connectivity index is 2.03. The Morgan fingerprint density at radius 2 is 2.14 bits per heavy atom.